The Morgan fingerprint density at radius 2 is 2.20 bits per heavy atom. The molecule has 1 fully saturated rings. The normalized spacial score (nSPS) is 18.0. The van der Waals surface area contributed by atoms with Crippen molar-refractivity contribution >= 4 is 17.4 Å². The van der Waals surface area contributed by atoms with Crippen LogP contribution in [-0.2, 0) is 19.1 Å². The maximum absolute atomic E-state index is 12.6. The molecule has 25 heavy (non-hydrogen) atoms. The van der Waals surface area contributed by atoms with Gasteiger partial charge in [0.05, 0.1) is 4.88 Å². The molecule has 2 amide bonds. The van der Waals surface area contributed by atoms with E-state index in [-0.39, 0.29) is 17.9 Å². The molecule has 2 aromatic rings. The van der Waals surface area contributed by atoms with E-state index in [0.29, 0.717) is 24.4 Å². The minimum absolute atomic E-state index is 0.0720. The summed E-state index contributed by atoms with van der Waals surface area (Å²) in [5.74, 6) is -1.42. The zero-order valence-electron chi connectivity index (χ0n) is 13.1. The second-order valence-corrected chi connectivity index (χ2v) is 7.37. The van der Waals surface area contributed by atoms with Gasteiger partial charge in [-0.15, -0.1) is 11.3 Å². The number of thiophene rings is 1. The van der Waals surface area contributed by atoms with Crippen molar-refractivity contribution < 1.29 is 22.5 Å². The van der Waals surface area contributed by atoms with Crippen LogP contribution in [0.25, 0.3) is 10.7 Å². The van der Waals surface area contributed by atoms with Gasteiger partial charge in [-0.25, -0.2) is 4.79 Å². The Bertz CT molecular complexity index is 797. The fourth-order valence-corrected chi connectivity index (χ4v) is 3.96. The molecule has 0 aromatic carbocycles. The molecule has 0 bridgehead atoms. The van der Waals surface area contributed by atoms with E-state index in [1.165, 1.54) is 11.3 Å². The van der Waals surface area contributed by atoms with Crippen LogP contribution in [-0.4, -0.2) is 33.7 Å². The number of hydrogen-bond donors (Lipinski definition) is 1. The fraction of sp³-hybridized carbons (Fsp3) is 0.533. The lowest BCUT2D eigenvalue weighted by atomic mass is 9.93. The van der Waals surface area contributed by atoms with Gasteiger partial charge in [-0.1, -0.05) is 5.16 Å². The van der Waals surface area contributed by atoms with Crippen molar-refractivity contribution in [2.45, 2.75) is 44.4 Å². The van der Waals surface area contributed by atoms with Crippen LogP contribution in [0.5, 0.6) is 0 Å². The number of nitrogens with zero attached hydrogens (tertiary/aromatic N) is 3. The summed E-state index contributed by atoms with van der Waals surface area (Å²) in [7, 11) is 0. The van der Waals surface area contributed by atoms with E-state index in [9.17, 15) is 18.0 Å². The van der Waals surface area contributed by atoms with Crippen molar-refractivity contribution in [1.82, 2.24) is 20.4 Å². The van der Waals surface area contributed by atoms with Crippen molar-refractivity contribution in [2.24, 2.45) is 0 Å². The minimum atomic E-state index is -4.65. The number of alkyl halides is 3. The highest BCUT2D eigenvalue weighted by Crippen LogP contribution is 2.35. The Morgan fingerprint density at radius 1 is 1.40 bits per heavy atom. The molecule has 1 N–H and O–H groups in total. The van der Waals surface area contributed by atoms with Crippen LogP contribution in [0.1, 0.15) is 35.6 Å². The number of halogens is 3. The monoisotopic (exact) mass is 372 g/mol. The summed E-state index contributed by atoms with van der Waals surface area (Å²) in [6, 6.07) is 1.93. The largest absolute Gasteiger partial charge is 0.471 e. The Kier molecular flexibility index (Phi) is 3.94. The second kappa shape index (κ2) is 6.01. The Hall–Kier alpha value is -2.10. The average Bonchev–Trinajstić information content (AvgIpc) is 3.15. The number of rotatable bonds is 2. The van der Waals surface area contributed by atoms with Gasteiger partial charge in [-0.3, -0.25) is 0 Å². The lowest BCUT2D eigenvalue weighted by Gasteiger charge is -2.32. The van der Waals surface area contributed by atoms with E-state index >= 15 is 0 Å². The molecule has 1 aliphatic carbocycles. The number of urea groups is 1. The predicted octanol–water partition coefficient (Wildman–Crippen LogP) is 3.44. The van der Waals surface area contributed by atoms with Crippen LogP contribution in [0.15, 0.2) is 10.6 Å². The van der Waals surface area contributed by atoms with E-state index in [2.05, 4.69) is 20.0 Å². The van der Waals surface area contributed by atoms with E-state index in [1.54, 1.807) is 11.0 Å². The average molecular weight is 372 g/mol. The number of hydrogen-bond acceptors (Lipinski definition) is 5. The third kappa shape index (κ3) is 3.22. The molecule has 6 nitrogen and oxygen atoms in total. The van der Waals surface area contributed by atoms with Crippen molar-refractivity contribution in [3.63, 3.8) is 0 Å². The van der Waals surface area contributed by atoms with Gasteiger partial charge in [-0.2, -0.15) is 18.2 Å². The topological polar surface area (TPSA) is 71.3 Å². The standard InChI is InChI=1S/C15H15F3N4O2S/c16-15(17,18)13-20-12(21-24-13)11-6-8-7-22(5-4-10(8)25-11)14(23)19-9-2-1-3-9/h6,9H,1-5,7H2,(H,19,23). The van der Waals surface area contributed by atoms with Gasteiger partial charge in [0.25, 0.3) is 0 Å². The van der Waals surface area contributed by atoms with Crippen LogP contribution in [0, 0.1) is 0 Å². The first-order chi connectivity index (χ1) is 11.9. The SMILES string of the molecule is O=C(NC1CCC1)N1CCc2sc(-c3noc(C(F)(F)F)n3)cc2C1. The summed E-state index contributed by atoms with van der Waals surface area (Å²) in [5, 5.41) is 6.42. The Balaban J connectivity index is 1.48. The van der Waals surface area contributed by atoms with Gasteiger partial charge in [-0.05, 0) is 37.3 Å². The maximum atomic E-state index is 12.6. The quantitative estimate of drug-likeness (QED) is 0.877. The van der Waals surface area contributed by atoms with Crippen LogP contribution in [0.4, 0.5) is 18.0 Å². The molecule has 2 aromatic heterocycles. The van der Waals surface area contributed by atoms with E-state index in [4.69, 9.17) is 0 Å². The van der Waals surface area contributed by atoms with E-state index in [1.807, 2.05) is 0 Å². The van der Waals surface area contributed by atoms with Crippen molar-refractivity contribution in [3.05, 3.63) is 22.4 Å². The van der Waals surface area contributed by atoms with Crippen molar-refractivity contribution in [2.75, 3.05) is 6.54 Å². The fourth-order valence-electron chi connectivity index (χ4n) is 2.87. The summed E-state index contributed by atoms with van der Waals surface area (Å²) < 4.78 is 42.0. The van der Waals surface area contributed by atoms with Gasteiger partial charge in [0.15, 0.2) is 0 Å². The summed E-state index contributed by atoms with van der Waals surface area (Å²) in [5.41, 5.74) is 0.924. The highest BCUT2D eigenvalue weighted by Gasteiger charge is 2.39. The molecular formula is C15H15F3N4O2S. The molecule has 0 unspecified atom stereocenters. The number of aromatic nitrogens is 2. The number of amides is 2. The van der Waals surface area contributed by atoms with E-state index < -0.39 is 12.1 Å². The summed E-state index contributed by atoms with van der Waals surface area (Å²) in [4.78, 5) is 19.0. The predicted molar refractivity (Wildman–Crippen MR) is 82.9 cm³/mol. The van der Waals surface area contributed by atoms with Gasteiger partial charge < -0.3 is 14.7 Å². The van der Waals surface area contributed by atoms with Gasteiger partial charge in [0, 0.05) is 24.0 Å². The Labute approximate surface area is 145 Å². The molecule has 1 saturated carbocycles. The molecule has 10 heteroatoms. The number of carbonyl (C=O) groups is 1. The van der Waals surface area contributed by atoms with Crippen LogP contribution in [0.2, 0.25) is 0 Å². The molecule has 0 spiro atoms. The summed E-state index contributed by atoms with van der Waals surface area (Å²) in [6.07, 6.45) is -0.798. The highest BCUT2D eigenvalue weighted by atomic mass is 32.1. The molecule has 3 heterocycles. The first-order valence-electron chi connectivity index (χ1n) is 7.98. The zero-order valence-corrected chi connectivity index (χ0v) is 13.9. The summed E-state index contributed by atoms with van der Waals surface area (Å²) >= 11 is 1.34. The van der Waals surface area contributed by atoms with Crippen LogP contribution in [0.3, 0.4) is 0 Å². The number of nitrogens with one attached hydrogen (secondary N) is 1. The van der Waals surface area contributed by atoms with Crippen molar-refractivity contribution in [1.29, 1.82) is 0 Å². The van der Waals surface area contributed by atoms with Crippen LogP contribution < -0.4 is 5.32 Å². The maximum Gasteiger partial charge on any atom is 0.471 e. The molecule has 0 saturated heterocycles. The lowest BCUT2D eigenvalue weighted by Crippen LogP contribution is -2.48. The first kappa shape index (κ1) is 16.4. The second-order valence-electron chi connectivity index (χ2n) is 6.23. The van der Waals surface area contributed by atoms with E-state index in [0.717, 1.165) is 29.7 Å². The number of fused-ring (bicyclic) bond motifs is 1. The molecule has 1 aliphatic heterocycles. The van der Waals surface area contributed by atoms with Gasteiger partial charge in [0.2, 0.25) is 5.82 Å². The molecule has 2 aliphatic rings. The Morgan fingerprint density at radius 3 is 2.84 bits per heavy atom. The van der Waals surface area contributed by atoms with Crippen LogP contribution >= 0.6 is 11.3 Å². The zero-order chi connectivity index (χ0) is 17.6. The van der Waals surface area contributed by atoms with Gasteiger partial charge in [0.1, 0.15) is 0 Å². The highest BCUT2D eigenvalue weighted by molar-refractivity contribution is 7.15. The molecule has 0 radical (unpaired) electrons. The van der Waals surface area contributed by atoms with Crippen molar-refractivity contribution in [3.8, 4) is 10.7 Å². The molecule has 0 atom stereocenters. The molecular weight excluding hydrogens is 357 g/mol. The number of carbonyl (C=O) groups excluding carboxylic acids is 1. The smallest absolute Gasteiger partial charge is 0.335 e. The third-order valence-electron chi connectivity index (χ3n) is 4.48. The summed E-state index contributed by atoms with van der Waals surface area (Å²) in [6.45, 7) is 1.03. The lowest BCUT2D eigenvalue weighted by molar-refractivity contribution is -0.159. The minimum Gasteiger partial charge on any atom is -0.335 e. The third-order valence-corrected chi connectivity index (χ3v) is 5.71. The van der Waals surface area contributed by atoms with Gasteiger partial charge >= 0.3 is 18.1 Å². The molecule has 134 valence electrons. The molecule has 4 rings (SSSR count). The first-order valence-corrected chi connectivity index (χ1v) is 8.80.